The maximum Gasteiger partial charge on any atom is 0.328 e. The van der Waals surface area contributed by atoms with Crippen LogP contribution in [0.1, 0.15) is 6.92 Å². The number of hydrogen-bond donors (Lipinski definition) is 1. The number of aliphatic carboxylic acids is 1. The average molecular weight is 170 g/mol. The zero-order valence-electron chi connectivity index (χ0n) is 6.73. The van der Waals surface area contributed by atoms with Gasteiger partial charge in [-0.15, -0.1) is 0 Å². The average Bonchev–Trinajstić information content (AvgIpc) is 2.32. The van der Waals surface area contributed by atoms with Gasteiger partial charge in [-0.3, -0.25) is 13.9 Å². The normalized spacial score (nSPS) is 10.1. The third kappa shape index (κ3) is 1.55. The number of hydrogen-bond acceptors (Lipinski definition) is 2. The molecule has 0 aliphatic rings. The Kier molecular flexibility index (Phi) is 2.32. The van der Waals surface area contributed by atoms with Crippen molar-refractivity contribution >= 4 is 5.97 Å². The molecule has 1 rings (SSSR count). The second kappa shape index (κ2) is 3.25. The van der Waals surface area contributed by atoms with Gasteiger partial charge in [0, 0.05) is 18.9 Å². The highest BCUT2D eigenvalue weighted by atomic mass is 16.4. The van der Waals surface area contributed by atoms with E-state index in [1.54, 1.807) is 6.20 Å². The first-order chi connectivity index (χ1) is 5.65. The quantitative estimate of drug-likeness (QED) is 0.680. The fraction of sp³-hybridized carbons (Fsp3) is 0.429. The van der Waals surface area contributed by atoms with E-state index in [1.165, 1.54) is 10.8 Å². The summed E-state index contributed by atoms with van der Waals surface area (Å²) in [5, 5.41) is 8.40. The van der Waals surface area contributed by atoms with Crippen molar-refractivity contribution in [2.75, 3.05) is 0 Å². The number of aryl methyl sites for hydroxylation is 1. The van der Waals surface area contributed by atoms with Crippen LogP contribution in [0.25, 0.3) is 0 Å². The molecule has 66 valence electrons. The topological polar surface area (TPSA) is 64.2 Å². The van der Waals surface area contributed by atoms with Crippen molar-refractivity contribution < 1.29 is 9.90 Å². The van der Waals surface area contributed by atoms with Gasteiger partial charge in [-0.2, -0.15) is 0 Å². The predicted molar refractivity (Wildman–Crippen MR) is 42.0 cm³/mol. The van der Waals surface area contributed by atoms with Gasteiger partial charge < -0.3 is 5.11 Å². The van der Waals surface area contributed by atoms with Crippen molar-refractivity contribution in [1.29, 1.82) is 0 Å². The van der Waals surface area contributed by atoms with Gasteiger partial charge in [0.25, 0.3) is 0 Å². The van der Waals surface area contributed by atoms with Crippen LogP contribution < -0.4 is 5.69 Å². The number of rotatable bonds is 3. The molecule has 0 aromatic carbocycles. The fourth-order valence-corrected chi connectivity index (χ4v) is 0.960. The minimum Gasteiger partial charge on any atom is -0.480 e. The smallest absolute Gasteiger partial charge is 0.328 e. The summed E-state index contributed by atoms with van der Waals surface area (Å²) in [5.41, 5.74) is -0.278. The summed E-state index contributed by atoms with van der Waals surface area (Å²) >= 11 is 0. The number of carboxylic acids is 1. The van der Waals surface area contributed by atoms with E-state index in [1.807, 2.05) is 6.92 Å². The number of carboxylic acid groups (broad SMARTS) is 1. The molecular formula is C7H10N2O3. The summed E-state index contributed by atoms with van der Waals surface area (Å²) in [6, 6.07) is 0. The van der Waals surface area contributed by atoms with E-state index < -0.39 is 5.97 Å². The molecule has 1 aromatic heterocycles. The SMILES string of the molecule is CCn1ccn(CC(=O)O)c1=O. The standard InChI is InChI=1S/C7H10N2O3/c1-2-8-3-4-9(7(8)12)5-6(10)11/h3-4H,2,5H2,1H3,(H,10,11). The Morgan fingerprint density at radius 2 is 2.08 bits per heavy atom. The predicted octanol–water partition coefficient (Wildman–Crippen LogP) is -0.246. The van der Waals surface area contributed by atoms with Gasteiger partial charge in [0.2, 0.25) is 0 Å². The van der Waals surface area contributed by atoms with Gasteiger partial charge >= 0.3 is 11.7 Å². The lowest BCUT2D eigenvalue weighted by molar-refractivity contribution is -0.137. The van der Waals surface area contributed by atoms with Gasteiger partial charge in [-0.25, -0.2) is 4.79 Å². The summed E-state index contributed by atoms with van der Waals surface area (Å²) in [5.74, 6) is -1.01. The van der Waals surface area contributed by atoms with Crippen LogP contribution in [0, 0.1) is 0 Å². The Morgan fingerprint density at radius 3 is 2.50 bits per heavy atom. The van der Waals surface area contributed by atoms with Crippen molar-refractivity contribution in [2.24, 2.45) is 0 Å². The van der Waals surface area contributed by atoms with Crippen LogP contribution in [0.2, 0.25) is 0 Å². The summed E-state index contributed by atoms with van der Waals surface area (Å²) < 4.78 is 2.61. The van der Waals surface area contributed by atoms with Gasteiger partial charge in [-0.1, -0.05) is 0 Å². The molecular weight excluding hydrogens is 160 g/mol. The van der Waals surface area contributed by atoms with E-state index in [2.05, 4.69) is 0 Å². The van der Waals surface area contributed by atoms with Crippen LogP contribution in [0.5, 0.6) is 0 Å². The van der Waals surface area contributed by atoms with Gasteiger partial charge in [0.05, 0.1) is 0 Å². The second-order valence-corrected chi connectivity index (χ2v) is 2.39. The van der Waals surface area contributed by atoms with Crippen molar-refractivity contribution in [3.05, 3.63) is 22.9 Å². The number of imidazole rings is 1. The first-order valence-corrected chi connectivity index (χ1v) is 3.62. The molecule has 1 heterocycles. The maximum atomic E-state index is 11.2. The second-order valence-electron chi connectivity index (χ2n) is 2.39. The summed E-state index contributed by atoms with van der Waals surface area (Å²) in [7, 11) is 0. The van der Waals surface area contributed by atoms with E-state index in [0.29, 0.717) is 6.54 Å². The zero-order chi connectivity index (χ0) is 9.14. The third-order valence-electron chi connectivity index (χ3n) is 1.56. The molecule has 0 spiro atoms. The largest absolute Gasteiger partial charge is 0.480 e. The monoisotopic (exact) mass is 170 g/mol. The fourth-order valence-electron chi connectivity index (χ4n) is 0.960. The molecule has 0 aliphatic heterocycles. The summed E-state index contributed by atoms with van der Waals surface area (Å²) in [6.45, 7) is 2.11. The molecule has 5 nitrogen and oxygen atoms in total. The number of carbonyl (C=O) groups is 1. The highest BCUT2D eigenvalue weighted by Gasteiger charge is 2.04. The number of aromatic nitrogens is 2. The maximum absolute atomic E-state index is 11.2. The molecule has 5 heteroatoms. The molecule has 0 fully saturated rings. The van der Waals surface area contributed by atoms with Crippen molar-refractivity contribution in [1.82, 2.24) is 9.13 Å². The molecule has 0 bridgehead atoms. The lowest BCUT2D eigenvalue weighted by Gasteiger charge is -1.94. The van der Waals surface area contributed by atoms with E-state index in [0.717, 1.165) is 4.57 Å². The van der Waals surface area contributed by atoms with Crippen LogP contribution in [0.15, 0.2) is 17.2 Å². The van der Waals surface area contributed by atoms with Crippen molar-refractivity contribution in [3.8, 4) is 0 Å². The third-order valence-corrected chi connectivity index (χ3v) is 1.56. The van der Waals surface area contributed by atoms with E-state index >= 15 is 0 Å². The van der Waals surface area contributed by atoms with Gasteiger partial charge in [0.15, 0.2) is 0 Å². The molecule has 0 amide bonds. The van der Waals surface area contributed by atoms with Gasteiger partial charge in [-0.05, 0) is 6.92 Å². The van der Waals surface area contributed by atoms with Crippen LogP contribution in [-0.2, 0) is 17.9 Å². The summed E-state index contributed by atoms with van der Waals surface area (Å²) in [4.78, 5) is 21.4. The zero-order valence-corrected chi connectivity index (χ0v) is 6.73. The van der Waals surface area contributed by atoms with Crippen LogP contribution in [0.4, 0.5) is 0 Å². The van der Waals surface area contributed by atoms with Crippen LogP contribution in [-0.4, -0.2) is 20.2 Å². The highest BCUT2D eigenvalue weighted by Crippen LogP contribution is 1.84. The van der Waals surface area contributed by atoms with Gasteiger partial charge in [0.1, 0.15) is 6.54 Å². The van der Waals surface area contributed by atoms with E-state index in [9.17, 15) is 9.59 Å². The Balaban J connectivity index is 2.95. The Hall–Kier alpha value is -1.52. The molecule has 12 heavy (non-hydrogen) atoms. The van der Waals surface area contributed by atoms with E-state index in [-0.39, 0.29) is 12.2 Å². The van der Waals surface area contributed by atoms with Crippen molar-refractivity contribution in [3.63, 3.8) is 0 Å². The van der Waals surface area contributed by atoms with Crippen LogP contribution in [0.3, 0.4) is 0 Å². The Morgan fingerprint density at radius 1 is 1.50 bits per heavy atom. The van der Waals surface area contributed by atoms with Crippen LogP contribution >= 0.6 is 0 Å². The molecule has 1 N–H and O–H groups in total. The molecule has 0 saturated carbocycles. The molecule has 0 radical (unpaired) electrons. The number of nitrogens with zero attached hydrogens (tertiary/aromatic N) is 2. The first-order valence-electron chi connectivity index (χ1n) is 3.62. The lowest BCUT2D eigenvalue weighted by Crippen LogP contribution is -2.26. The molecule has 1 aromatic rings. The Labute approximate surface area is 68.9 Å². The van der Waals surface area contributed by atoms with E-state index in [4.69, 9.17) is 5.11 Å². The molecule has 0 unspecified atom stereocenters. The minimum absolute atomic E-state index is 0.272. The minimum atomic E-state index is -1.01. The molecule has 0 saturated heterocycles. The summed E-state index contributed by atoms with van der Waals surface area (Å²) in [6.07, 6.45) is 3.05. The van der Waals surface area contributed by atoms with Crippen molar-refractivity contribution in [2.45, 2.75) is 20.0 Å². The Bertz CT molecular complexity index is 337. The molecule has 0 atom stereocenters. The highest BCUT2D eigenvalue weighted by molar-refractivity contribution is 5.66. The lowest BCUT2D eigenvalue weighted by atomic mass is 10.6. The molecule has 0 aliphatic carbocycles. The first kappa shape index (κ1) is 8.58.